The van der Waals surface area contributed by atoms with E-state index in [1.54, 1.807) is 12.4 Å². The van der Waals surface area contributed by atoms with Crippen LogP contribution in [-0.4, -0.2) is 58.4 Å². The average Bonchev–Trinajstić information content (AvgIpc) is 2.46. The van der Waals surface area contributed by atoms with Crippen molar-refractivity contribution in [3.05, 3.63) is 24.3 Å². The Labute approximate surface area is 114 Å². The quantitative estimate of drug-likeness (QED) is 0.820. The Morgan fingerprint density at radius 2 is 2.00 bits per heavy atom. The summed E-state index contributed by atoms with van der Waals surface area (Å²) in [5.74, 6) is 0.732. The van der Waals surface area contributed by atoms with Gasteiger partial charge in [-0.15, -0.1) is 0 Å². The maximum atomic E-state index is 12.2. The number of carbonyl (C=O) groups excluding carboxylic acids is 1. The summed E-state index contributed by atoms with van der Waals surface area (Å²) in [6.45, 7) is 9.10. The molecule has 1 fully saturated rings. The molecule has 0 aliphatic carbocycles. The predicted octanol–water partition coefficient (Wildman–Crippen LogP) is 1.28. The van der Waals surface area contributed by atoms with E-state index >= 15 is 0 Å². The zero-order valence-electron chi connectivity index (χ0n) is 11.7. The Balaban J connectivity index is 1.81. The molecule has 2 rings (SSSR count). The van der Waals surface area contributed by atoms with Gasteiger partial charge in [0.25, 0.3) is 5.91 Å². The molecule has 5 nitrogen and oxygen atoms in total. The molecule has 1 amide bonds. The number of rotatable bonds is 4. The molecule has 104 valence electrons. The highest BCUT2D eigenvalue weighted by atomic mass is 16.2. The molecule has 0 aromatic carbocycles. The van der Waals surface area contributed by atoms with Gasteiger partial charge in [-0.3, -0.25) is 14.7 Å². The van der Waals surface area contributed by atoms with Crippen LogP contribution in [0.25, 0.3) is 0 Å². The number of amides is 1. The van der Waals surface area contributed by atoms with Gasteiger partial charge in [0.2, 0.25) is 0 Å². The fourth-order valence-corrected chi connectivity index (χ4v) is 2.19. The second-order valence-electron chi connectivity index (χ2n) is 5.41. The van der Waals surface area contributed by atoms with Crippen LogP contribution in [0.5, 0.6) is 0 Å². The third kappa shape index (κ3) is 3.99. The van der Waals surface area contributed by atoms with Crippen LogP contribution in [-0.2, 0) is 0 Å². The highest BCUT2D eigenvalue weighted by Gasteiger charge is 2.22. The van der Waals surface area contributed by atoms with E-state index in [4.69, 9.17) is 0 Å². The van der Waals surface area contributed by atoms with Crippen LogP contribution in [0.1, 0.15) is 30.8 Å². The maximum Gasteiger partial charge on any atom is 0.274 e. The summed E-state index contributed by atoms with van der Waals surface area (Å²) in [5, 5.41) is 0. The first kappa shape index (κ1) is 13.9. The monoisotopic (exact) mass is 262 g/mol. The zero-order valence-corrected chi connectivity index (χ0v) is 11.7. The fraction of sp³-hybridized carbons (Fsp3) is 0.643. The third-order valence-corrected chi connectivity index (χ3v) is 3.46. The van der Waals surface area contributed by atoms with E-state index in [0.717, 1.165) is 38.6 Å². The molecule has 0 saturated carbocycles. The lowest BCUT2D eigenvalue weighted by molar-refractivity contribution is 0.0625. The molecule has 0 unspecified atom stereocenters. The van der Waals surface area contributed by atoms with Gasteiger partial charge in [0, 0.05) is 38.6 Å². The largest absolute Gasteiger partial charge is 0.335 e. The molecule has 19 heavy (non-hydrogen) atoms. The number of carbonyl (C=O) groups is 1. The number of nitrogens with zero attached hydrogens (tertiary/aromatic N) is 4. The van der Waals surface area contributed by atoms with Crippen LogP contribution in [0.15, 0.2) is 18.6 Å². The van der Waals surface area contributed by atoms with E-state index in [9.17, 15) is 4.79 Å². The van der Waals surface area contributed by atoms with Crippen LogP contribution in [0, 0.1) is 5.92 Å². The summed E-state index contributed by atoms with van der Waals surface area (Å²) in [7, 11) is 0. The Morgan fingerprint density at radius 3 is 2.58 bits per heavy atom. The number of hydrogen-bond donors (Lipinski definition) is 0. The van der Waals surface area contributed by atoms with Crippen molar-refractivity contribution in [1.82, 2.24) is 19.8 Å². The first-order valence-corrected chi connectivity index (χ1v) is 6.94. The minimum Gasteiger partial charge on any atom is -0.335 e. The minimum absolute atomic E-state index is 0.00314. The standard InChI is InChI=1S/C14H22N4O/c1-12(2)3-6-17-7-9-18(10-8-17)14(19)13-11-15-4-5-16-13/h4-5,11-12H,3,6-10H2,1-2H3. The van der Waals surface area contributed by atoms with Crippen molar-refractivity contribution in [3.63, 3.8) is 0 Å². The Kier molecular flexibility index (Phi) is 4.85. The highest BCUT2D eigenvalue weighted by molar-refractivity contribution is 5.92. The molecular weight excluding hydrogens is 240 g/mol. The van der Waals surface area contributed by atoms with Gasteiger partial charge in [0.1, 0.15) is 5.69 Å². The SMILES string of the molecule is CC(C)CCN1CCN(C(=O)c2cnccn2)CC1. The van der Waals surface area contributed by atoms with Gasteiger partial charge in [-0.1, -0.05) is 13.8 Å². The molecule has 0 atom stereocenters. The van der Waals surface area contributed by atoms with Gasteiger partial charge in [-0.2, -0.15) is 0 Å². The highest BCUT2D eigenvalue weighted by Crippen LogP contribution is 2.08. The van der Waals surface area contributed by atoms with E-state index in [1.165, 1.54) is 12.6 Å². The van der Waals surface area contributed by atoms with E-state index < -0.39 is 0 Å². The van der Waals surface area contributed by atoms with Crippen molar-refractivity contribution < 1.29 is 4.79 Å². The lowest BCUT2D eigenvalue weighted by atomic mass is 10.1. The molecular formula is C14H22N4O. The predicted molar refractivity (Wildman–Crippen MR) is 73.8 cm³/mol. The Bertz CT molecular complexity index is 399. The van der Waals surface area contributed by atoms with Crippen molar-refractivity contribution in [2.45, 2.75) is 20.3 Å². The summed E-state index contributed by atoms with van der Waals surface area (Å²) in [4.78, 5) is 24.5. The van der Waals surface area contributed by atoms with Gasteiger partial charge in [-0.25, -0.2) is 4.98 Å². The van der Waals surface area contributed by atoms with Gasteiger partial charge in [-0.05, 0) is 18.9 Å². The molecule has 2 heterocycles. The molecule has 1 aliphatic heterocycles. The normalized spacial score (nSPS) is 16.9. The van der Waals surface area contributed by atoms with Crippen LogP contribution in [0.4, 0.5) is 0 Å². The van der Waals surface area contributed by atoms with Crippen molar-refractivity contribution in [3.8, 4) is 0 Å². The van der Waals surface area contributed by atoms with E-state index in [2.05, 4.69) is 28.7 Å². The Morgan fingerprint density at radius 1 is 1.26 bits per heavy atom. The van der Waals surface area contributed by atoms with Crippen molar-refractivity contribution >= 4 is 5.91 Å². The smallest absolute Gasteiger partial charge is 0.274 e. The van der Waals surface area contributed by atoms with Crippen molar-refractivity contribution in [2.75, 3.05) is 32.7 Å². The van der Waals surface area contributed by atoms with Crippen molar-refractivity contribution in [2.24, 2.45) is 5.92 Å². The summed E-state index contributed by atoms with van der Waals surface area (Å²) in [6.07, 6.45) is 5.90. The van der Waals surface area contributed by atoms with Crippen LogP contribution in [0.3, 0.4) is 0 Å². The Hall–Kier alpha value is -1.49. The summed E-state index contributed by atoms with van der Waals surface area (Å²) >= 11 is 0. The van der Waals surface area contributed by atoms with Crippen LogP contribution < -0.4 is 0 Å². The summed E-state index contributed by atoms with van der Waals surface area (Å²) in [6, 6.07) is 0. The van der Waals surface area contributed by atoms with Gasteiger partial charge in [0.05, 0.1) is 6.20 Å². The number of aromatic nitrogens is 2. The van der Waals surface area contributed by atoms with Gasteiger partial charge in [0.15, 0.2) is 0 Å². The second-order valence-corrected chi connectivity index (χ2v) is 5.41. The number of piperazine rings is 1. The van der Waals surface area contributed by atoms with Gasteiger partial charge < -0.3 is 4.90 Å². The minimum atomic E-state index is -0.00314. The molecule has 0 radical (unpaired) electrons. The van der Waals surface area contributed by atoms with E-state index in [0.29, 0.717) is 5.69 Å². The van der Waals surface area contributed by atoms with Crippen LogP contribution >= 0.6 is 0 Å². The lowest BCUT2D eigenvalue weighted by Gasteiger charge is -2.34. The van der Waals surface area contributed by atoms with E-state index in [-0.39, 0.29) is 5.91 Å². The molecule has 0 N–H and O–H groups in total. The molecule has 1 aromatic heterocycles. The topological polar surface area (TPSA) is 49.3 Å². The maximum absolute atomic E-state index is 12.2. The zero-order chi connectivity index (χ0) is 13.7. The van der Waals surface area contributed by atoms with Crippen LogP contribution in [0.2, 0.25) is 0 Å². The van der Waals surface area contributed by atoms with E-state index in [1.807, 2.05) is 4.90 Å². The molecule has 1 aliphatic rings. The second kappa shape index (κ2) is 6.61. The third-order valence-electron chi connectivity index (χ3n) is 3.46. The summed E-state index contributed by atoms with van der Waals surface area (Å²) < 4.78 is 0. The fourth-order valence-electron chi connectivity index (χ4n) is 2.19. The number of hydrogen-bond acceptors (Lipinski definition) is 4. The van der Waals surface area contributed by atoms with Gasteiger partial charge >= 0.3 is 0 Å². The molecule has 0 spiro atoms. The molecule has 1 aromatic rings. The molecule has 1 saturated heterocycles. The molecule has 5 heteroatoms. The first-order valence-electron chi connectivity index (χ1n) is 6.94. The first-order chi connectivity index (χ1) is 9.16. The van der Waals surface area contributed by atoms with Crippen molar-refractivity contribution in [1.29, 1.82) is 0 Å². The summed E-state index contributed by atoms with van der Waals surface area (Å²) in [5.41, 5.74) is 0.443. The lowest BCUT2D eigenvalue weighted by Crippen LogP contribution is -2.49. The molecule has 0 bridgehead atoms. The average molecular weight is 262 g/mol.